The van der Waals surface area contributed by atoms with Crippen LogP contribution < -0.4 is 4.90 Å². The summed E-state index contributed by atoms with van der Waals surface area (Å²) in [6.45, 7) is 10.7. The molecule has 1 fully saturated rings. The zero-order chi connectivity index (χ0) is 16.5. The minimum atomic E-state index is -0.451. The van der Waals surface area contributed by atoms with Crippen molar-refractivity contribution in [3.63, 3.8) is 0 Å². The molecule has 0 aliphatic carbocycles. The molecule has 0 unspecified atom stereocenters. The molecule has 1 aliphatic heterocycles. The van der Waals surface area contributed by atoms with Gasteiger partial charge in [0.25, 0.3) is 0 Å². The summed E-state index contributed by atoms with van der Waals surface area (Å²) in [4.78, 5) is 16.1. The fourth-order valence-corrected chi connectivity index (χ4v) is 3.43. The topological polar surface area (TPSA) is 32.8 Å². The monoisotopic (exact) mass is 436 g/mol. The molecule has 0 N–H and O–H groups in total. The first kappa shape index (κ1) is 17.7. The van der Waals surface area contributed by atoms with Crippen LogP contribution in [0.4, 0.5) is 10.5 Å². The van der Waals surface area contributed by atoms with Gasteiger partial charge in [-0.25, -0.2) is 4.79 Å². The van der Waals surface area contributed by atoms with Crippen molar-refractivity contribution < 1.29 is 9.53 Å². The van der Waals surface area contributed by atoms with Crippen LogP contribution in [0.25, 0.3) is 0 Å². The predicted octanol–water partition coefficient (Wildman–Crippen LogP) is 4.31. The van der Waals surface area contributed by atoms with Gasteiger partial charge < -0.3 is 14.5 Å². The largest absolute Gasteiger partial charge is 0.444 e. The number of ether oxygens (including phenoxy) is 1. The third kappa shape index (κ3) is 4.41. The van der Waals surface area contributed by atoms with E-state index in [4.69, 9.17) is 16.3 Å². The van der Waals surface area contributed by atoms with Crippen molar-refractivity contribution in [2.45, 2.75) is 33.3 Å². The molecule has 6 heteroatoms. The van der Waals surface area contributed by atoms with Crippen LogP contribution in [-0.2, 0) is 4.74 Å². The van der Waals surface area contributed by atoms with Gasteiger partial charge in [-0.3, -0.25) is 0 Å². The second kappa shape index (κ2) is 6.83. The number of piperazine rings is 1. The molecule has 0 saturated carbocycles. The van der Waals surface area contributed by atoms with E-state index in [0.29, 0.717) is 13.1 Å². The van der Waals surface area contributed by atoms with E-state index in [9.17, 15) is 4.79 Å². The second-order valence-electron chi connectivity index (χ2n) is 6.49. The lowest BCUT2D eigenvalue weighted by Gasteiger charge is -2.37. The third-order valence-electron chi connectivity index (χ3n) is 3.55. The Morgan fingerprint density at radius 2 is 1.82 bits per heavy atom. The number of carbonyl (C=O) groups is 1. The number of halogens is 2. The molecule has 0 atom stereocenters. The van der Waals surface area contributed by atoms with Gasteiger partial charge >= 0.3 is 6.09 Å². The molecule has 2 rings (SSSR count). The summed E-state index contributed by atoms with van der Waals surface area (Å²) in [6.07, 6.45) is -0.232. The fraction of sp³-hybridized carbons (Fsp3) is 0.562. The van der Waals surface area contributed by atoms with Crippen molar-refractivity contribution in [2.24, 2.45) is 0 Å². The lowest BCUT2D eigenvalue weighted by molar-refractivity contribution is 0.0240. The van der Waals surface area contributed by atoms with Gasteiger partial charge in [0.15, 0.2) is 0 Å². The smallest absolute Gasteiger partial charge is 0.410 e. The first-order chi connectivity index (χ1) is 10.2. The second-order valence-corrected chi connectivity index (χ2v) is 8.08. The van der Waals surface area contributed by atoms with Crippen LogP contribution in [0.3, 0.4) is 0 Å². The third-order valence-corrected chi connectivity index (χ3v) is 4.89. The number of nitrogens with zero attached hydrogens (tertiary/aromatic N) is 2. The maximum absolute atomic E-state index is 12.1. The minimum absolute atomic E-state index is 0.232. The van der Waals surface area contributed by atoms with Crippen LogP contribution in [0, 0.1) is 10.5 Å². The fourth-order valence-electron chi connectivity index (χ4n) is 2.42. The summed E-state index contributed by atoms with van der Waals surface area (Å²) >= 11 is 8.48. The van der Waals surface area contributed by atoms with Gasteiger partial charge in [0.2, 0.25) is 0 Å². The van der Waals surface area contributed by atoms with E-state index >= 15 is 0 Å². The summed E-state index contributed by atoms with van der Waals surface area (Å²) in [6, 6.07) is 3.97. The summed E-state index contributed by atoms with van der Waals surface area (Å²) < 4.78 is 6.59. The van der Waals surface area contributed by atoms with Crippen molar-refractivity contribution >= 4 is 46.0 Å². The first-order valence-corrected chi connectivity index (χ1v) is 8.81. The van der Waals surface area contributed by atoms with E-state index < -0.39 is 5.60 Å². The summed E-state index contributed by atoms with van der Waals surface area (Å²) in [5.41, 5.74) is 1.94. The average molecular weight is 437 g/mol. The predicted molar refractivity (Wildman–Crippen MR) is 98.9 cm³/mol. The standard InChI is InChI=1S/C16H22ClIN2O2/c1-11-13(18)9-12(17)10-14(11)19-5-7-20(8-6-19)15(21)22-16(2,3)4/h9-10H,5-8H2,1-4H3. The Kier molecular flexibility index (Phi) is 5.48. The average Bonchev–Trinajstić information content (AvgIpc) is 2.41. The Balaban J connectivity index is 2.02. The maximum Gasteiger partial charge on any atom is 0.410 e. The van der Waals surface area contributed by atoms with Gasteiger partial charge in [0.05, 0.1) is 0 Å². The molecule has 0 bridgehead atoms. The van der Waals surface area contributed by atoms with E-state index in [0.717, 1.165) is 27.4 Å². The van der Waals surface area contributed by atoms with Crippen molar-refractivity contribution in [3.05, 3.63) is 26.3 Å². The van der Waals surface area contributed by atoms with Crippen LogP contribution in [-0.4, -0.2) is 42.8 Å². The normalized spacial score (nSPS) is 15.9. The van der Waals surface area contributed by atoms with Crippen molar-refractivity contribution in [2.75, 3.05) is 31.1 Å². The molecular formula is C16H22ClIN2O2. The SMILES string of the molecule is Cc1c(I)cc(Cl)cc1N1CCN(C(=O)OC(C)(C)C)CC1. The zero-order valence-corrected chi connectivity index (χ0v) is 16.4. The summed E-state index contributed by atoms with van der Waals surface area (Å²) in [5.74, 6) is 0. The van der Waals surface area contributed by atoms with Gasteiger partial charge in [-0.2, -0.15) is 0 Å². The molecule has 1 aliphatic rings. The van der Waals surface area contributed by atoms with Crippen LogP contribution in [0.15, 0.2) is 12.1 Å². The van der Waals surface area contributed by atoms with Crippen LogP contribution in [0.5, 0.6) is 0 Å². The molecule has 0 spiro atoms. The first-order valence-electron chi connectivity index (χ1n) is 7.36. The molecule has 0 radical (unpaired) electrons. The number of hydrogen-bond donors (Lipinski definition) is 0. The highest BCUT2D eigenvalue weighted by Gasteiger charge is 2.26. The van der Waals surface area contributed by atoms with Crippen LogP contribution in [0.1, 0.15) is 26.3 Å². The van der Waals surface area contributed by atoms with Gasteiger partial charge in [0.1, 0.15) is 5.60 Å². The van der Waals surface area contributed by atoms with E-state index in [1.165, 1.54) is 5.56 Å². The van der Waals surface area contributed by atoms with E-state index in [1.54, 1.807) is 4.90 Å². The Bertz CT molecular complexity index is 564. The molecule has 22 heavy (non-hydrogen) atoms. The van der Waals surface area contributed by atoms with Gasteiger partial charge in [0, 0.05) is 40.5 Å². The summed E-state index contributed by atoms with van der Waals surface area (Å²) in [7, 11) is 0. The van der Waals surface area contributed by atoms with Crippen LogP contribution >= 0.6 is 34.2 Å². The molecule has 0 aromatic heterocycles. The number of carbonyl (C=O) groups excluding carboxylic acids is 1. The molecule has 1 saturated heterocycles. The highest BCUT2D eigenvalue weighted by atomic mass is 127. The Labute approximate surface area is 150 Å². The minimum Gasteiger partial charge on any atom is -0.444 e. The number of hydrogen-bond acceptors (Lipinski definition) is 3. The molecule has 1 heterocycles. The Hall–Kier alpha value is -0.690. The van der Waals surface area contributed by atoms with Gasteiger partial charge in [-0.05, 0) is 68.0 Å². The van der Waals surface area contributed by atoms with Crippen molar-refractivity contribution in [1.29, 1.82) is 0 Å². The summed E-state index contributed by atoms with van der Waals surface area (Å²) in [5, 5.41) is 0.750. The molecular weight excluding hydrogens is 415 g/mol. The van der Waals surface area contributed by atoms with E-state index in [1.807, 2.05) is 32.9 Å². The number of benzene rings is 1. The van der Waals surface area contributed by atoms with Crippen molar-refractivity contribution in [1.82, 2.24) is 4.90 Å². The highest BCUT2D eigenvalue weighted by Crippen LogP contribution is 2.29. The van der Waals surface area contributed by atoms with Gasteiger partial charge in [-0.1, -0.05) is 11.6 Å². The molecule has 4 nitrogen and oxygen atoms in total. The maximum atomic E-state index is 12.1. The lowest BCUT2D eigenvalue weighted by atomic mass is 10.1. The number of anilines is 1. The Morgan fingerprint density at radius 1 is 1.23 bits per heavy atom. The quantitative estimate of drug-likeness (QED) is 0.615. The Morgan fingerprint density at radius 3 is 2.36 bits per heavy atom. The van der Waals surface area contributed by atoms with Crippen molar-refractivity contribution in [3.8, 4) is 0 Å². The highest BCUT2D eigenvalue weighted by molar-refractivity contribution is 14.1. The molecule has 1 amide bonds. The van der Waals surface area contributed by atoms with Crippen LogP contribution in [0.2, 0.25) is 5.02 Å². The van der Waals surface area contributed by atoms with E-state index in [2.05, 4.69) is 34.4 Å². The number of amides is 1. The molecule has 1 aromatic rings. The van der Waals surface area contributed by atoms with Gasteiger partial charge in [-0.15, -0.1) is 0 Å². The number of rotatable bonds is 1. The molecule has 122 valence electrons. The lowest BCUT2D eigenvalue weighted by Crippen LogP contribution is -2.50. The van der Waals surface area contributed by atoms with E-state index in [-0.39, 0.29) is 6.09 Å². The zero-order valence-electron chi connectivity index (χ0n) is 13.4. The molecule has 1 aromatic carbocycles.